The summed E-state index contributed by atoms with van der Waals surface area (Å²) in [4.78, 5) is 0. The van der Waals surface area contributed by atoms with E-state index in [0.29, 0.717) is 10.8 Å². The van der Waals surface area contributed by atoms with Crippen LogP contribution in [0, 0.1) is 46.3 Å². The molecule has 0 saturated carbocycles. The Morgan fingerprint density at radius 3 is 1.33 bits per heavy atom. The fraction of sp³-hybridized carbons (Fsp3) is 1.00. The molecule has 0 amide bonds. The zero-order chi connectivity index (χ0) is 17.2. The van der Waals surface area contributed by atoms with Gasteiger partial charge in [0.05, 0.1) is 0 Å². The van der Waals surface area contributed by atoms with Gasteiger partial charge < -0.3 is 0 Å². The Kier molecular flexibility index (Phi) is 7.51. The maximum Gasteiger partial charge on any atom is -0.0218 e. The van der Waals surface area contributed by atoms with Crippen LogP contribution in [-0.2, 0) is 0 Å². The van der Waals surface area contributed by atoms with Crippen molar-refractivity contribution in [2.75, 3.05) is 0 Å². The Morgan fingerprint density at radius 2 is 1.05 bits per heavy atom. The normalized spacial score (nSPS) is 22.0. The van der Waals surface area contributed by atoms with Gasteiger partial charge in [0.1, 0.15) is 0 Å². The number of hydrogen-bond acceptors (Lipinski definition) is 0. The van der Waals surface area contributed by atoms with E-state index in [1.165, 1.54) is 6.42 Å². The molecule has 0 rings (SSSR count). The van der Waals surface area contributed by atoms with Gasteiger partial charge in [0, 0.05) is 0 Å². The SMILES string of the molecule is CCC(C)(C)C(C)(C(C)C(C)C)C(C)C(C)C(C)C(C)C. The van der Waals surface area contributed by atoms with E-state index >= 15 is 0 Å². The van der Waals surface area contributed by atoms with Gasteiger partial charge in [-0.25, -0.2) is 0 Å². The first-order valence-corrected chi connectivity index (χ1v) is 9.34. The Labute approximate surface area is 136 Å². The molecular weight excluding hydrogens is 252 g/mol. The van der Waals surface area contributed by atoms with Gasteiger partial charge in [0.15, 0.2) is 0 Å². The topological polar surface area (TPSA) is 0 Å². The highest BCUT2D eigenvalue weighted by Crippen LogP contribution is 2.56. The van der Waals surface area contributed by atoms with E-state index in [0.717, 1.165) is 35.5 Å². The molecule has 0 aromatic carbocycles. The third-order valence-electron chi connectivity index (χ3n) is 7.90. The molecule has 0 aliphatic heterocycles. The van der Waals surface area contributed by atoms with E-state index in [1.807, 2.05) is 0 Å². The largest absolute Gasteiger partial charge is 0.0649 e. The molecule has 0 radical (unpaired) electrons. The molecule has 0 aliphatic carbocycles. The van der Waals surface area contributed by atoms with Crippen LogP contribution in [-0.4, -0.2) is 0 Å². The van der Waals surface area contributed by atoms with Crippen LogP contribution in [0.4, 0.5) is 0 Å². The summed E-state index contributed by atoms with van der Waals surface area (Å²) in [5.41, 5.74) is 0.750. The van der Waals surface area contributed by atoms with Crippen molar-refractivity contribution in [3.8, 4) is 0 Å². The lowest BCUT2D eigenvalue weighted by molar-refractivity contribution is -0.0751. The Morgan fingerprint density at radius 1 is 0.619 bits per heavy atom. The maximum absolute atomic E-state index is 2.58. The zero-order valence-corrected chi connectivity index (χ0v) is 17.2. The van der Waals surface area contributed by atoms with Crippen LogP contribution in [0.2, 0.25) is 0 Å². The molecule has 0 aromatic rings. The number of rotatable bonds is 8. The summed E-state index contributed by atoms with van der Waals surface area (Å²) in [6.45, 7) is 29.5. The lowest BCUT2D eigenvalue weighted by atomic mass is 9.49. The molecule has 0 heterocycles. The average Bonchev–Trinajstić information content (AvgIpc) is 2.42. The standard InChI is InChI=1S/C21H44/c1-13-20(10,11)21(12,18(8)15(4)5)19(9)17(7)16(6)14(2)3/h14-19H,13H2,1-12H3. The molecule has 21 heavy (non-hydrogen) atoms. The van der Waals surface area contributed by atoms with Gasteiger partial charge in [-0.2, -0.15) is 0 Å². The van der Waals surface area contributed by atoms with Crippen LogP contribution in [0.5, 0.6) is 0 Å². The minimum atomic E-state index is 0.373. The Hall–Kier alpha value is 0. The summed E-state index contributed by atoms with van der Waals surface area (Å²) in [6, 6.07) is 0. The van der Waals surface area contributed by atoms with E-state index in [4.69, 9.17) is 0 Å². The Bertz CT molecular complexity index is 299. The predicted octanol–water partition coefficient (Wildman–Crippen LogP) is 7.29. The van der Waals surface area contributed by atoms with Gasteiger partial charge in [-0.05, 0) is 46.3 Å². The van der Waals surface area contributed by atoms with Crippen molar-refractivity contribution in [3.05, 3.63) is 0 Å². The lowest BCUT2D eigenvalue weighted by Crippen LogP contribution is -2.49. The quantitative estimate of drug-likeness (QED) is 0.441. The highest BCUT2D eigenvalue weighted by Gasteiger charge is 2.50. The summed E-state index contributed by atoms with van der Waals surface area (Å²) < 4.78 is 0. The van der Waals surface area contributed by atoms with Crippen LogP contribution in [0.1, 0.15) is 89.5 Å². The lowest BCUT2D eigenvalue weighted by Gasteiger charge is -2.56. The van der Waals surface area contributed by atoms with Crippen molar-refractivity contribution < 1.29 is 0 Å². The summed E-state index contributed by atoms with van der Waals surface area (Å²) in [6.07, 6.45) is 1.26. The highest BCUT2D eigenvalue weighted by atomic mass is 14.5. The molecule has 0 spiro atoms. The fourth-order valence-corrected chi connectivity index (χ4v) is 4.33. The molecule has 0 aliphatic rings. The first-order chi connectivity index (χ1) is 9.34. The Balaban J connectivity index is 5.71. The molecule has 0 saturated heterocycles. The van der Waals surface area contributed by atoms with E-state index < -0.39 is 0 Å². The summed E-state index contributed by atoms with van der Waals surface area (Å²) in [5.74, 6) is 4.54. The van der Waals surface area contributed by atoms with Gasteiger partial charge in [-0.3, -0.25) is 0 Å². The third kappa shape index (κ3) is 4.05. The van der Waals surface area contributed by atoms with Crippen molar-refractivity contribution in [2.45, 2.75) is 89.5 Å². The minimum absolute atomic E-state index is 0.373. The fourth-order valence-electron chi connectivity index (χ4n) is 4.33. The van der Waals surface area contributed by atoms with Crippen molar-refractivity contribution in [3.63, 3.8) is 0 Å². The molecule has 0 aromatic heterocycles. The molecule has 0 nitrogen and oxygen atoms in total. The smallest absolute Gasteiger partial charge is 0.0218 e. The number of hydrogen-bond donors (Lipinski definition) is 0. The second-order valence-corrected chi connectivity index (χ2v) is 9.30. The molecule has 128 valence electrons. The van der Waals surface area contributed by atoms with Gasteiger partial charge >= 0.3 is 0 Å². The first-order valence-electron chi connectivity index (χ1n) is 9.34. The second-order valence-electron chi connectivity index (χ2n) is 9.30. The first kappa shape index (κ1) is 21.0. The summed E-state index contributed by atoms with van der Waals surface area (Å²) >= 11 is 0. The van der Waals surface area contributed by atoms with E-state index in [2.05, 4.69) is 83.1 Å². The second kappa shape index (κ2) is 7.51. The molecule has 5 atom stereocenters. The van der Waals surface area contributed by atoms with Crippen molar-refractivity contribution in [2.24, 2.45) is 46.3 Å². The van der Waals surface area contributed by atoms with Crippen LogP contribution in [0.3, 0.4) is 0 Å². The van der Waals surface area contributed by atoms with Gasteiger partial charge in [-0.1, -0.05) is 89.5 Å². The third-order valence-corrected chi connectivity index (χ3v) is 7.90. The molecular formula is C21H44. The molecule has 0 bridgehead atoms. The van der Waals surface area contributed by atoms with Gasteiger partial charge in [0.25, 0.3) is 0 Å². The van der Waals surface area contributed by atoms with Crippen LogP contribution >= 0.6 is 0 Å². The van der Waals surface area contributed by atoms with Crippen molar-refractivity contribution in [1.82, 2.24) is 0 Å². The molecule has 0 N–H and O–H groups in total. The van der Waals surface area contributed by atoms with Crippen LogP contribution in [0.15, 0.2) is 0 Å². The van der Waals surface area contributed by atoms with Gasteiger partial charge in [-0.15, -0.1) is 0 Å². The molecule has 0 heteroatoms. The highest BCUT2D eigenvalue weighted by molar-refractivity contribution is 4.98. The summed E-state index contributed by atoms with van der Waals surface area (Å²) in [7, 11) is 0. The zero-order valence-electron chi connectivity index (χ0n) is 17.2. The van der Waals surface area contributed by atoms with Crippen LogP contribution in [0.25, 0.3) is 0 Å². The van der Waals surface area contributed by atoms with Crippen molar-refractivity contribution in [1.29, 1.82) is 0 Å². The van der Waals surface area contributed by atoms with Crippen LogP contribution < -0.4 is 0 Å². The van der Waals surface area contributed by atoms with E-state index in [-0.39, 0.29) is 0 Å². The summed E-state index contributed by atoms with van der Waals surface area (Å²) in [5, 5.41) is 0. The van der Waals surface area contributed by atoms with Gasteiger partial charge in [0.2, 0.25) is 0 Å². The predicted molar refractivity (Wildman–Crippen MR) is 98.5 cm³/mol. The molecule has 0 fully saturated rings. The maximum atomic E-state index is 2.58. The molecule has 5 unspecified atom stereocenters. The average molecular weight is 297 g/mol. The van der Waals surface area contributed by atoms with E-state index in [9.17, 15) is 0 Å². The van der Waals surface area contributed by atoms with Crippen molar-refractivity contribution >= 4 is 0 Å². The monoisotopic (exact) mass is 296 g/mol. The van der Waals surface area contributed by atoms with E-state index in [1.54, 1.807) is 0 Å². The minimum Gasteiger partial charge on any atom is -0.0649 e.